The van der Waals surface area contributed by atoms with Gasteiger partial charge in [0, 0.05) is 22.4 Å². The Balaban J connectivity index is 1.70. The van der Waals surface area contributed by atoms with Crippen molar-refractivity contribution in [1.82, 2.24) is 0 Å². The standard InChI is InChI=1S/C22H18O5/c1-24-15-7-9-17-18-10-8-16(12-21(18)27-22(23)19(17)11-15)26-13-14-5-3-4-6-20(14)25-2/h3-12H,13H2,1-2H3. The molecule has 0 bridgehead atoms. The first kappa shape index (κ1) is 17.0. The minimum absolute atomic E-state index is 0.352. The molecule has 0 aliphatic heterocycles. The number of para-hydroxylation sites is 1. The van der Waals surface area contributed by atoms with Gasteiger partial charge in [0.25, 0.3) is 0 Å². The second kappa shape index (κ2) is 7.03. The Morgan fingerprint density at radius 2 is 1.59 bits per heavy atom. The van der Waals surface area contributed by atoms with Gasteiger partial charge in [0.15, 0.2) is 0 Å². The van der Waals surface area contributed by atoms with Crippen LogP contribution in [0, 0.1) is 0 Å². The zero-order chi connectivity index (χ0) is 18.8. The molecule has 0 atom stereocenters. The lowest BCUT2D eigenvalue weighted by Gasteiger charge is -2.11. The van der Waals surface area contributed by atoms with Crippen LogP contribution < -0.4 is 19.8 Å². The van der Waals surface area contributed by atoms with Crippen molar-refractivity contribution >= 4 is 21.7 Å². The monoisotopic (exact) mass is 362 g/mol. The molecule has 5 nitrogen and oxygen atoms in total. The number of ether oxygens (including phenoxy) is 3. The minimum Gasteiger partial charge on any atom is -0.497 e. The van der Waals surface area contributed by atoms with E-state index in [2.05, 4.69) is 0 Å². The summed E-state index contributed by atoms with van der Waals surface area (Å²) in [4.78, 5) is 12.4. The molecule has 0 amide bonds. The maximum absolute atomic E-state index is 12.4. The van der Waals surface area contributed by atoms with Gasteiger partial charge in [0.05, 0.1) is 19.6 Å². The van der Waals surface area contributed by atoms with Crippen LogP contribution >= 0.6 is 0 Å². The van der Waals surface area contributed by atoms with Gasteiger partial charge in [-0.1, -0.05) is 18.2 Å². The molecule has 27 heavy (non-hydrogen) atoms. The van der Waals surface area contributed by atoms with E-state index in [0.29, 0.717) is 29.1 Å². The predicted molar refractivity (Wildman–Crippen MR) is 104 cm³/mol. The number of benzene rings is 3. The lowest BCUT2D eigenvalue weighted by molar-refractivity contribution is 0.296. The second-order valence-corrected chi connectivity index (χ2v) is 6.06. The molecule has 0 unspecified atom stereocenters. The first-order valence-corrected chi connectivity index (χ1v) is 8.49. The molecule has 0 aliphatic rings. The van der Waals surface area contributed by atoms with Gasteiger partial charge < -0.3 is 18.6 Å². The van der Waals surface area contributed by atoms with Crippen LogP contribution in [0.2, 0.25) is 0 Å². The Bertz CT molecular complexity index is 1180. The fourth-order valence-corrected chi connectivity index (χ4v) is 3.09. The summed E-state index contributed by atoms with van der Waals surface area (Å²) >= 11 is 0. The third-order valence-electron chi connectivity index (χ3n) is 4.48. The van der Waals surface area contributed by atoms with Crippen molar-refractivity contribution in [3.63, 3.8) is 0 Å². The third kappa shape index (κ3) is 3.19. The summed E-state index contributed by atoms with van der Waals surface area (Å²) in [6.45, 7) is 0.352. The van der Waals surface area contributed by atoms with E-state index in [9.17, 15) is 4.79 Å². The number of hydrogen-bond donors (Lipinski definition) is 0. The average molecular weight is 362 g/mol. The number of fused-ring (bicyclic) bond motifs is 3. The fraction of sp³-hybridized carbons (Fsp3) is 0.136. The van der Waals surface area contributed by atoms with Crippen LogP contribution in [0.4, 0.5) is 0 Å². The molecule has 1 aromatic heterocycles. The molecule has 0 saturated heterocycles. The van der Waals surface area contributed by atoms with Crippen LogP contribution in [0.15, 0.2) is 69.9 Å². The second-order valence-electron chi connectivity index (χ2n) is 6.06. The van der Waals surface area contributed by atoms with Crippen LogP contribution in [-0.4, -0.2) is 14.2 Å². The molecule has 0 N–H and O–H groups in total. The maximum Gasteiger partial charge on any atom is 0.344 e. The molecule has 4 aromatic rings. The van der Waals surface area contributed by atoms with Crippen molar-refractivity contribution < 1.29 is 18.6 Å². The minimum atomic E-state index is -0.404. The molecule has 5 heteroatoms. The van der Waals surface area contributed by atoms with E-state index in [1.54, 1.807) is 26.4 Å². The van der Waals surface area contributed by atoms with Crippen molar-refractivity contribution in [2.75, 3.05) is 14.2 Å². The van der Waals surface area contributed by atoms with Gasteiger partial charge >= 0.3 is 5.63 Å². The molecule has 0 fully saturated rings. The van der Waals surface area contributed by atoms with E-state index in [1.165, 1.54) is 0 Å². The highest BCUT2D eigenvalue weighted by Gasteiger charge is 2.10. The smallest absolute Gasteiger partial charge is 0.344 e. The van der Waals surface area contributed by atoms with E-state index in [-0.39, 0.29) is 0 Å². The van der Waals surface area contributed by atoms with Crippen molar-refractivity contribution in [2.24, 2.45) is 0 Å². The van der Waals surface area contributed by atoms with Gasteiger partial charge in [-0.2, -0.15) is 0 Å². The predicted octanol–water partition coefficient (Wildman–Crippen LogP) is 4.54. The van der Waals surface area contributed by atoms with E-state index in [4.69, 9.17) is 18.6 Å². The lowest BCUT2D eigenvalue weighted by Crippen LogP contribution is -2.01. The highest BCUT2D eigenvalue weighted by molar-refractivity contribution is 6.04. The molecule has 3 aromatic carbocycles. The molecular weight excluding hydrogens is 344 g/mol. The van der Waals surface area contributed by atoms with E-state index in [1.807, 2.05) is 48.5 Å². The Hall–Kier alpha value is -3.47. The molecule has 136 valence electrons. The number of hydrogen-bond acceptors (Lipinski definition) is 5. The molecule has 1 heterocycles. The Morgan fingerprint density at radius 3 is 2.41 bits per heavy atom. The van der Waals surface area contributed by atoms with Crippen LogP contribution in [0.3, 0.4) is 0 Å². The zero-order valence-corrected chi connectivity index (χ0v) is 15.0. The largest absolute Gasteiger partial charge is 0.497 e. The summed E-state index contributed by atoms with van der Waals surface area (Å²) in [7, 11) is 3.19. The fourth-order valence-electron chi connectivity index (χ4n) is 3.09. The van der Waals surface area contributed by atoms with Gasteiger partial charge in [0.1, 0.15) is 29.4 Å². The van der Waals surface area contributed by atoms with Gasteiger partial charge in [-0.3, -0.25) is 0 Å². The topological polar surface area (TPSA) is 57.9 Å². The molecule has 0 radical (unpaired) electrons. The van der Waals surface area contributed by atoms with Crippen molar-refractivity contribution in [3.8, 4) is 17.2 Å². The SMILES string of the molecule is COc1ccc2c(c1)c(=O)oc1cc(OCc3ccccc3OC)ccc12. The van der Waals surface area contributed by atoms with Crippen LogP contribution in [0.5, 0.6) is 17.2 Å². The van der Waals surface area contributed by atoms with Crippen LogP contribution in [0.25, 0.3) is 21.7 Å². The molecule has 0 spiro atoms. The zero-order valence-electron chi connectivity index (χ0n) is 15.0. The number of rotatable bonds is 5. The molecule has 0 aliphatic carbocycles. The Kier molecular flexibility index (Phi) is 4.42. The molecule has 4 rings (SSSR count). The lowest BCUT2D eigenvalue weighted by atomic mass is 10.1. The summed E-state index contributed by atoms with van der Waals surface area (Å²) in [5.74, 6) is 2.00. The highest BCUT2D eigenvalue weighted by Crippen LogP contribution is 2.29. The Labute approximate surface area is 155 Å². The van der Waals surface area contributed by atoms with Gasteiger partial charge in [-0.15, -0.1) is 0 Å². The summed E-state index contributed by atoms with van der Waals surface area (Å²) in [5, 5.41) is 2.15. The first-order chi connectivity index (χ1) is 13.2. The average Bonchev–Trinajstić information content (AvgIpc) is 2.72. The van der Waals surface area contributed by atoms with Gasteiger partial charge in [0.2, 0.25) is 0 Å². The maximum atomic E-state index is 12.4. The first-order valence-electron chi connectivity index (χ1n) is 8.49. The molecular formula is C22H18O5. The van der Waals surface area contributed by atoms with Gasteiger partial charge in [-0.25, -0.2) is 4.79 Å². The van der Waals surface area contributed by atoms with Crippen molar-refractivity contribution in [1.29, 1.82) is 0 Å². The summed E-state index contributed by atoms with van der Waals surface area (Å²) in [6.07, 6.45) is 0. The van der Waals surface area contributed by atoms with Crippen molar-refractivity contribution in [2.45, 2.75) is 6.61 Å². The quantitative estimate of drug-likeness (QED) is 0.385. The highest BCUT2D eigenvalue weighted by atomic mass is 16.5. The Morgan fingerprint density at radius 1 is 0.815 bits per heavy atom. The van der Waals surface area contributed by atoms with Crippen LogP contribution in [0.1, 0.15) is 5.56 Å². The third-order valence-corrected chi connectivity index (χ3v) is 4.48. The van der Waals surface area contributed by atoms with Crippen LogP contribution in [-0.2, 0) is 6.61 Å². The summed E-state index contributed by atoms with van der Waals surface area (Å²) in [6, 6.07) is 18.5. The van der Waals surface area contributed by atoms with Gasteiger partial charge in [-0.05, 0) is 36.4 Å². The van der Waals surface area contributed by atoms with E-state index >= 15 is 0 Å². The number of methoxy groups -OCH3 is 2. The molecule has 0 saturated carbocycles. The summed E-state index contributed by atoms with van der Waals surface area (Å²) in [5.41, 5.74) is 1.01. The van der Waals surface area contributed by atoms with E-state index < -0.39 is 5.63 Å². The normalized spacial score (nSPS) is 10.9. The van der Waals surface area contributed by atoms with E-state index in [0.717, 1.165) is 22.1 Å². The van der Waals surface area contributed by atoms with Crippen molar-refractivity contribution in [3.05, 3.63) is 76.6 Å². The summed E-state index contributed by atoms with van der Waals surface area (Å²) < 4.78 is 21.9.